The number of aryl methyl sites for hydroxylation is 2. The fraction of sp³-hybridized carbons (Fsp3) is 0.185. The molecule has 0 unspecified atom stereocenters. The highest BCUT2D eigenvalue weighted by atomic mass is 16.5. The molecule has 1 aliphatic rings. The largest absolute Gasteiger partial charge is 0.452 e. The normalized spacial score (nSPS) is 12.8. The molecule has 1 aromatic heterocycles. The maximum atomic E-state index is 13.0. The zero-order chi connectivity index (χ0) is 22.8. The van der Waals surface area contributed by atoms with Crippen LogP contribution < -0.4 is 5.56 Å². The second-order valence-electron chi connectivity index (χ2n) is 8.14. The number of carbonyl (C=O) groups excluding carboxylic acids is 2. The van der Waals surface area contributed by atoms with Crippen molar-refractivity contribution in [2.24, 2.45) is 0 Å². The van der Waals surface area contributed by atoms with Crippen molar-refractivity contribution in [3.63, 3.8) is 0 Å². The highest BCUT2D eigenvalue weighted by Gasteiger charge is 2.20. The van der Waals surface area contributed by atoms with Crippen LogP contribution in [-0.4, -0.2) is 28.1 Å². The predicted molar refractivity (Wildman–Crippen MR) is 125 cm³/mol. The molecule has 0 fully saturated rings. The number of nitrogens with zero attached hydrogens (tertiary/aromatic N) is 2. The summed E-state index contributed by atoms with van der Waals surface area (Å²) in [5, 5.41) is 5.04. The first-order chi connectivity index (χ1) is 16.1. The van der Waals surface area contributed by atoms with Crippen LogP contribution in [0.1, 0.15) is 44.8 Å². The lowest BCUT2D eigenvalue weighted by atomic mass is 9.90. The fourth-order valence-electron chi connectivity index (χ4n) is 4.27. The van der Waals surface area contributed by atoms with Gasteiger partial charge in [-0.05, 0) is 61.1 Å². The number of Topliss-reactive ketones (excluding diaryl/α,β-unsaturated/α-hetero) is 1. The SMILES string of the molecule is O=C(COC(=O)c1nn(-c2ccccc2)c(=O)c2ccccc12)c1ccc2c(c1)CCCC2. The number of esters is 1. The van der Waals surface area contributed by atoms with Gasteiger partial charge in [-0.1, -0.05) is 48.5 Å². The van der Waals surface area contributed by atoms with Crippen molar-refractivity contribution in [2.75, 3.05) is 6.61 Å². The Bertz CT molecular complexity index is 1420. The zero-order valence-corrected chi connectivity index (χ0v) is 18.0. The molecule has 3 aromatic carbocycles. The molecule has 6 nitrogen and oxygen atoms in total. The van der Waals surface area contributed by atoms with E-state index < -0.39 is 12.6 Å². The van der Waals surface area contributed by atoms with Crippen LogP contribution in [0.25, 0.3) is 16.5 Å². The number of carbonyl (C=O) groups is 2. The number of benzene rings is 3. The zero-order valence-electron chi connectivity index (χ0n) is 18.0. The Labute approximate surface area is 190 Å². The molecular formula is C27H22N2O4. The maximum Gasteiger partial charge on any atom is 0.359 e. The molecule has 164 valence electrons. The number of hydrogen-bond donors (Lipinski definition) is 0. The highest BCUT2D eigenvalue weighted by molar-refractivity contribution is 6.04. The molecule has 0 saturated heterocycles. The number of ketones is 1. The number of para-hydroxylation sites is 1. The van der Waals surface area contributed by atoms with Gasteiger partial charge in [0.2, 0.25) is 0 Å². The Kier molecular flexibility index (Phi) is 5.57. The molecule has 6 heteroatoms. The summed E-state index contributed by atoms with van der Waals surface area (Å²) in [4.78, 5) is 38.7. The summed E-state index contributed by atoms with van der Waals surface area (Å²) in [5.41, 5.74) is 3.21. The van der Waals surface area contributed by atoms with Crippen molar-refractivity contribution in [3.05, 3.63) is 106 Å². The van der Waals surface area contributed by atoms with Gasteiger partial charge in [0.25, 0.3) is 5.56 Å². The second kappa shape index (κ2) is 8.82. The predicted octanol–water partition coefficient (Wildman–Crippen LogP) is 4.30. The lowest BCUT2D eigenvalue weighted by Crippen LogP contribution is -2.26. The molecule has 33 heavy (non-hydrogen) atoms. The molecule has 0 atom stereocenters. The Morgan fingerprint density at radius 3 is 2.33 bits per heavy atom. The molecule has 0 aliphatic heterocycles. The quantitative estimate of drug-likeness (QED) is 0.343. The molecule has 0 bridgehead atoms. The van der Waals surface area contributed by atoms with Crippen LogP contribution in [-0.2, 0) is 17.6 Å². The van der Waals surface area contributed by atoms with Crippen molar-refractivity contribution >= 4 is 22.5 Å². The fourth-order valence-corrected chi connectivity index (χ4v) is 4.27. The van der Waals surface area contributed by atoms with Crippen LogP contribution in [0.3, 0.4) is 0 Å². The molecule has 0 N–H and O–H groups in total. The van der Waals surface area contributed by atoms with Gasteiger partial charge in [0.15, 0.2) is 18.1 Å². The van der Waals surface area contributed by atoms with Crippen molar-refractivity contribution < 1.29 is 14.3 Å². The third-order valence-electron chi connectivity index (χ3n) is 6.00. The minimum Gasteiger partial charge on any atom is -0.452 e. The van der Waals surface area contributed by atoms with E-state index in [4.69, 9.17) is 4.74 Å². The van der Waals surface area contributed by atoms with E-state index in [1.54, 1.807) is 54.6 Å². The smallest absolute Gasteiger partial charge is 0.359 e. The van der Waals surface area contributed by atoms with Crippen LogP contribution in [0, 0.1) is 0 Å². The third-order valence-corrected chi connectivity index (χ3v) is 6.00. The van der Waals surface area contributed by atoms with E-state index in [-0.39, 0.29) is 17.0 Å². The minimum absolute atomic E-state index is 0.00714. The van der Waals surface area contributed by atoms with Crippen LogP contribution in [0.15, 0.2) is 77.6 Å². The topological polar surface area (TPSA) is 78.3 Å². The molecule has 0 spiro atoms. The van der Waals surface area contributed by atoms with E-state index in [0.29, 0.717) is 22.0 Å². The van der Waals surface area contributed by atoms with Gasteiger partial charge < -0.3 is 4.74 Å². The lowest BCUT2D eigenvalue weighted by molar-refractivity contribution is 0.0469. The van der Waals surface area contributed by atoms with Crippen molar-refractivity contribution in [3.8, 4) is 5.69 Å². The van der Waals surface area contributed by atoms with Crippen LogP contribution in [0.4, 0.5) is 0 Å². The minimum atomic E-state index is -0.748. The number of hydrogen-bond acceptors (Lipinski definition) is 5. The highest BCUT2D eigenvalue weighted by Crippen LogP contribution is 2.22. The third kappa shape index (κ3) is 4.07. The first-order valence-electron chi connectivity index (χ1n) is 11.0. The summed E-state index contributed by atoms with van der Waals surface area (Å²) in [6, 6.07) is 21.3. The number of aromatic nitrogens is 2. The summed E-state index contributed by atoms with van der Waals surface area (Å²) < 4.78 is 6.55. The van der Waals surface area contributed by atoms with Crippen molar-refractivity contribution in [2.45, 2.75) is 25.7 Å². The molecule has 0 saturated carbocycles. The molecule has 1 heterocycles. The van der Waals surface area contributed by atoms with E-state index in [1.807, 2.05) is 18.2 Å². The van der Waals surface area contributed by atoms with Gasteiger partial charge in [-0.2, -0.15) is 9.78 Å². The molecule has 0 radical (unpaired) electrons. The Balaban J connectivity index is 1.43. The first kappa shape index (κ1) is 20.8. The number of fused-ring (bicyclic) bond motifs is 2. The van der Waals surface area contributed by atoms with Gasteiger partial charge in [0.05, 0.1) is 11.1 Å². The summed E-state index contributed by atoms with van der Waals surface area (Å²) >= 11 is 0. The summed E-state index contributed by atoms with van der Waals surface area (Å²) in [6.07, 6.45) is 4.29. The summed E-state index contributed by atoms with van der Waals surface area (Å²) in [5.74, 6) is -1.01. The number of rotatable bonds is 5. The van der Waals surface area contributed by atoms with Gasteiger partial charge in [0, 0.05) is 10.9 Å². The van der Waals surface area contributed by atoms with Gasteiger partial charge in [-0.15, -0.1) is 0 Å². The van der Waals surface area contributed by atoms with Crippen LogP contribution >= 0.6 is 0 Å². The number of ether oxygens (including phenoxy) is 1. The van der Waals surface area contributed by atoms with Gasteiger partial charge in [-0.25, -0.2) is 4.79 Å². The average Bonchev–Trinajstić information content (AvgIpc) is 2.87. The second-order valence-corrected chi connectivity index (χ2v) is 8.14. The molecule has 5 rings (SSSR count). The monoisotopic (exact) mass is 438 g/mol. The van der Waals surface area contributed by atoms with Gasteiger partial charge in [0.1, 0.15) is 0 Å². The summed E-state index contributed by atoms with van der Waals surface area (Å²) in [7, 11) is 0. The summed E-state index contributed by atoms with van der Waals surface area (Å²) in [6.45, 7) is -0.391. The van der Waals surface area contributed by atoms with Gasteiger partial charge in [-0.3, -0.25) is 9.59 Å². The van der Waals surface area contributed by atoms with Crippen molar-refractivity contribution in [1.82, 2.24) is 9.78 Å². The molecule has 1 aliphatic carbocycles. The maximum absolute atomic E-state index is 13.0. The van der Waals surface area contributed by atoms with E-state index in [9.17, 15) is 14.4 Å². The Morgan fingerprint density at radius 1 is 0.848 bits per heavy atom. The van der Waals surface area contributed by atoms with E-state index >= 15 is 0 Å². The first-order valence-corrected chi connectivity index (χ1v) is 11.0. The standard InChI is InChI=1S/C27H22N2O4/c30-24(20-15-14-18-8-4-5-9-19(18)16-20)17-33-27(32)25-22-12-6-7-13-23(22)26(31)29(28-25)21-10-2-1-3-11-21/h1-3,6-7,10-16H,4-5,8-9,17H2. The van der Waals surface area contributed by atoms with E-state index in [0.717, 1.165) is 19.3 Å². The van der Waals surface area contributed by atoms with E-state index in [2.05, 4.69) is 5.10 Å². The van der Waals surface area contributed by atoms with Crippen LogP contribution in [0.2, 0.25) is 0 Å². The van der Waals surface area contributed by atoms with Gasteiger partial charge >= 0.3 is 5.97 Å². The Hall–Kier alpha value is -4.06. The van der Waals surface area contributed by atoms with Crippen molar-refractivity contribution in [1.29, 1.82) is 0 Å². The van der Waals surface area contributed by atoms with E-state index in [1.165, 1.54) is 22.2 Å². The molecular weight excluding hydrogens is 416 g/mol. The van der Waals surface area contributed by atoms with Crippen LogP contribution in [0.5, 0.6) is 0 Å². The average molecular weight is 438 g/mol. The Morgan fingerprint density at radius 2 is 1.55 bits per heavy atom. The lowest BCUT2D eigenvalue weighted by Gasteiger charge is -2.16. The molecule has 0 amide bonds. The molecule has 4 aromatic rings.